The fourth-order valence-electron chi connectivity index (χ4n) is 1.59. The zero-order valence-electron chi connectivity index (χ0n) is 8.19. The van der Waals surface area contributed by atoms with Gasteiger partial charge in [0.05, 0.1) is 0 Å². The van der Waals surface area contributed by atoms with Gasteiger partial charge in [-0.1, -0.05) is 60.7 Å². The van der Waals surface area contributed by atoms with Crippen molar-refractivity contribution in [3.05, 3.63) is 65.8 Å². The van der Waals surface area contributed by atoms with Crippen molar-refractivity contribution in [2.24, 2.45) is 0 Å². The van der Waals surface area contributed by atoms with Crippen molar-refractivity contribution in [2.45, 2.75) is 12.8 Å². The summed E-state index contributed by atoms with van der Waals surface area (Å²) in [6.07, 6.45) is 15.0. The third kappa shape index (κ3) is 2.23. The summed E-state index contributed by atoms with van der Waals surface area (Å²) >= 11 is 0. The van der Waals surface area contributed by atoms with E-state index in [1.54, 1.807) is 0 Å². The molecule has 1 aromatic rings. The number of rotatable bonds is 0. The van der Waals surface area contributed by atoms with E-state index in [1.807, 2.05) is 0 Å². The molecule has 0 aliphatic heterocycles. The maximum Gasteiger partial charge on any atom is -0.00884 e. The van der Waals surface area contributed by atoms with Crippen LogP contribution in [0.1, 0.15) is 17.5 Å². The van der Waals surface area contributed by atoms with Gasteiger partial charge in [0.25, 0.3) is 0 Å². The molecule has 1 aromatic carbocycles. The summed E-state index contributed by atoms with van der Waals surface area (Å²) in [4.78, 5) is 0. The van der Waals surface area contributed by atoms with Crippen LogP contribution in [0.5, 0.6) is 0 Å². The van der Waals surface area contributed by atoms with Crippen LogP contribution in [0.2, 0.25) is 0 Å². The van der Waals surface area contributed by atoms with Crippen molar-refractivity contribution in [2.75, 3.05) is 0 Å². The first-order chi connectivity index (χ1) is 6.97. The lowest BCUT2D eigenvalue weighted by atomic mass is 10.0. The Morgan fingerprint density at radius 2 is 1.71 bits per heavy atom. The zero-order valence-corrected chi connectivity index (χ0v) is 8.19. The van der Waals surface area contributed by atoms with Crippen molar-refractivity contribution in [1.29, 1.82) is 0 Å². The SMILES string of the molecule is C1=Cc2ccccc2C/C=C\C=C/C1. The molecule has 0 aromatic heterocycles. The van der Waals surface area contributed by atoms with Gasteiger partial charge in [-0.3, -0.25) is 0 Å². The summed E-state index contributed by atoms with van der Waals surface area (Å²) in [6.45, 7) is 0. The van der Waals surface area contributed by atoms with Crippen LogP contribution < -0.4 is 0 Å². The van der Waals surface area contributed by atoms with Crippen LogP contribution in [0, 0.1) is 0 Å². The average Bonchev–Trinajstić information content (AvgIpc) is 2.25. The van der Waals surface area contributed by atoms with Crippen LogP contribution in [-0.2, 0) is 6.42 Å². The fraction of sp³-hybridized carbons (Fsp3) is 0.143. The Morgan fingerprint density at radius 3 is 2.71 bits per heavy atom. The second kappa shape index (κ2) is 4.61. The van der Waals surface area contributed by atoms with Crippen LogP contribution in [-0.4, -0.2) is 0 Å². The van der Waals surface area contributed by atoms with Crippen molar-refractivity contribution in [1.82, 2.24) is 0 Å². The average molecular weight is 182 g/mol. The molecule has 0 bridgehead atoms. The molecule has 2 rings (SSSR count). The molecular formula is C14H14. The lowest BCUT2D eigenvalue weighted by Crippen LogP contribution is -1.86. The summed E-state index contributed by atoms with van der Waals surface area (Å²) in [6, 6.07) is 8.55. The topological polar surface area (TPSA) is 0 Å². The first-order valence-electron chi connectivity index (χ1n) is 5.03. The molecule has 70 valence electrons. The van der Waals surface area contributed by atoms with Gasteiger partial charge in [-0.05, 0) is 24.0 Å². The Balaban J connectivity index is 2.34. The van der Waals surface area contributed by atoms with Gasteiger partial charge in [0.15, 0.2) is 0 Å². The smallest absolute Gasteiger partial charge is 0.00884 e. The Bertz CT molecular complexity index is 381. The molecule has 0 spiro atoms. The fourth-order valence-corrected chi connectivity index (χ4v) is 1.59. The van der Waals surface area contributed by atoms with Crippen molar-refractivity contribution >= 4 is 6.08 Å². The highest BCUT2D eigenvalue weighted by Crippen LogP contribution is 2.13. The summed E-state index contributed by atoms with van der Waals surface area (Å²) in [5, 5.41) is 0. The van der Waals surface area contributed by atoms with E-state index in [9.17, 15) is 0 Å². The highest BCUT2D eigenvalue weighted by Gasteiger charge is 1.95. The molecule has 1 aliphatic carbocycles. The van der Waals surface area contributed by atoms with Gasteiger partial charge in [-0.15, -0.1) is 0 Å². The van der Waals surface area contributed by atoms with Crippen molar-refractivity contribution < 1.29 is 0 Å². The number of benzene rings is 1. The molecule has 0 nitrogen and oxygen atoms in total. The molecule has 0 amide bonds. The Labute approximate surface area is 85.3 Å². The van der Waals surface area contributed by atoms with Crippen LogP contribution in [0.4, 0.5) is 0 Å². The van der Waals surface area contributed by atoms with Gasteiger partial charge >= 0.3 is 0 Å². The minimum Gasteiger partial charge on any atom is -0.0807 e. The third-order valence-electron chi connectivity index (χ3n) is 2.35. The predicted molar refractivity (Wildman–Crippen MR) is 62.1 cm³/mol. The third-order valence-corrected chi connectivity index (χ3v) is 2.35. The largest absolute Gasteiger partial charge is 0.0807 e. The maximum atomic E-state index is 2.21. The lowest BCUT2D eigenvalue weighted by molar-refractivity contribution is 1.25. The molecule has 0 radical (unpaired) electrons. The molecular weight excluding hydrogens is 168 g/mol. The molecule has 0 saturated carbocycles. The highest BCUT2D eigenvalue weighted by molar-refractivity contribution is 5.54. The van der Waals surface area contributed by atoms with Crippen LogP contribution in [0.15, 0.2) is 54.6 Å². The van der Waals surface area contributed by atoms with E-state index in [0.717, 1.165) is 12.8 Å². The minimum atomic E-state index is 1.01. The second-order valence-corrected chi connectivity index (χ2v) is 3.40. The van der Waals surface area contributed by atoms with Gasteiger partial charge in [-0.2, -0.15) is 0 Å². The van der Waals surface area contributed by atoms with E-state index < -0.39 is 0 Å². The van der Waals surface area contributed by atoms with Crippen molar-refractivity contribution in [3.8, 4) is 0 Å². The van der Waals surface area contributed by atoms with Gasteiger partial charge < -0.3 is 0 Å². The monoisotopic (exact) mass is 182 g/mol. The van der Waals surface area contributed by atoms with E-state index in [-0.39, 0.29) is 0 Å². The molecule has 0 N–H and O–H groups in total. The molecule has 0 heterocycles. The molecule has 14 heavy (non-hydrogen) atoms. The van der Waals surface area contributed by atoms with Crippen molar-refractivity contribution in [3.63, 3.8) is 0 Å². The van der Waals surface area contributed by atoms with Gasteiger partial charge in [-0.25, -0.2) is 0 Å². The van der Waals surface area contributed by atoms with E-state index >= 15 is 0 Å². The summed E-state index contributed by atoms with van der Waals surface area (Å²) in [7, 11) is 0. The first-order valence-corrected chi connectivity index (χ1v) is 5.03. The maximum absolute atomic E-state index is 2.21. The predicted octanol–water partition coefficient (Wildman–Crippen LogP) is 3.76. The molecule has 0 atom stereocenters. The number of hydrogen-bond donors (Lipinski definition) is 0. The van der Waals surface area contributed by atoms with Gasteiger partial charge in [0, 0.05) is 0 Å². The Hall–Kier alpha value is -1.56. The van der Waals surface area contributed by atoms with E-state index in [1.165, 1.54) is 11.1 Å². The Kier molecular flexibility index (Phi) is 2.97. The van der Waals surface area contributed by atoms with E-state index in [0.29, 0.717) is 0 Å². The number of fused-ring (bicyclic) bond motifs is 1. The zero-order chi connectivity index (χ0) is 9.64. The molecule has 1 aliphatic rings. The highest BCUT2D eigenvalue weighted by atomic mass is 14.0. The summed E-state index contributed by atoms with van der Waals surface area (Å²) in [5.41, 5.74) is 2.74. The standard InChI is InChI=1S/C14H14/c1-2-4-6-10-14-12-8-7-11-13(14)9-5-3-1/h1-3,5-8,10-12H,4,9H2/b2-1-,5-3-,10-6?. The van der Waals surface area contributed by atoms with Crippen LogP contribution in [0.3, 0.4) is 0 Å². The summed E-state index contributed by atoms with van der Waals surface area (Å²) < 4.78 is 0. The molecule has 0 fully saturated rings. The number of allylic oxidation sites excluding steroid dienone is 5. The molecule has 0 unspecified atom stereocenters. The van der Waals surface area contributed by atoms with Gasteiger partial charge in [0.1, 0.15) is 0 Å². The minimum absolute atomic E-state index is 1.01. The van der Waals surface area contributed by atoms with Crippen LogP contribution >= 0.6 is 0 Å². The number of hydrogen-bond acceptors (Lipinski definition) is 0. The normalized spacial score (nSPS) is 19.7. The molecule has 0 saturated heterocycles. The Morgan fingerprint density at radius 1 is 0.857 bits per heavy atom. The van der Waals surface area contributed by atoms with Crippen LogP contribution in [0.25, 0.3) is 6.08 Å². The lowest BCUT2D eigenvalue weighted by Gasteiger charge is -2.02. The first kappa shape index (κ1) is 9.01. The quantitative estimate of drug-likeness (QED) is 0.573. The van der Waals surface area contributed by atoms with E-state index in [2.05, 4.69) is 60.7 Å². The summed E-state index contributed by atoms with van der Waals surface area (Å²) in [5.74, 6) is 0. The van der Waals surface area contributed by atoms with Gasteiger partial charge in [0.2, 0.25) is 0 Å². The molecule has 0 heteroatoms. The second-order valence-electron chi connectivity index (χ2n) is 3.40. The van der Waals surface area contributed by atoms with E-state index in [4.69, 9.17) is 0 Å².